The summed E-state index contributed by atoms with van der Waals surface area (Å²) in [6.45, 7) is 4.60. The fraction of sp³-hybridized carbons (Fsp3) is 0.188. The summed E-state index contributed by atoms with van der Waals surface area (Å²) in [6, 6.07) is 11.9. The fourth-order valence-corrected chi connectivity index (χ4v) is 2.86. The van der Waals surface area contributed by atoms with Gasteiger partial charge in [0.15, 0.2) is 0 Å². The first-order chi connectivity index (χ1) is 10.1. The second-order valence-corrected chi connectivity index (χ2v) is 5.56. The Labute approximate surface area is 131 Å². The van der Waals surface area contributed by atoms with Crippen LogP contribution in [-0.2, 0) is 0 Å². The lowest BCUT2D eigenvalue weighted by molar-refractivity contribution is 0.344. The number of nitrogens with zero attached hydrogens (tertiary/aromatic N) is 2. The number of imidazole rings is 1. The van der Waals surface area contributed by atoms with E-state index in [-0.39, 0.29) is 0 Å². The summed E-state index contributed by atoms with van der Waals surface area (Å²) in [5.74, 6) is 1.20. The van der Waals surface area contributed by atoms with Crippen molar-refractivity contribution in [2.45, 2.75) is 13.8 Å². The van der Waals surface area contributed by atoms with Gasteiger partial charge in [0.25, 0.3) is 0 Å². The fourth-order valence-electron chi connectivity index (χ4n) is 2.42. The molecule has 108 valence electrons. The van der Waals surface area contributed by atoms with Gasteiger partial charge in [-0.05, 0) is 53.5 Å². The number of ether oxygens (including phenoxy) is 1. The highest BCUT2D eigenvalue weighted by molar-refractivity contribution is 9.10. The van der Waals surface area contributed by atoms with E-state index in [9.17, 15) is 0 Å². The molecule has 0 aliphatic carbocycles. The number of hydrogen-bond acceptors (Lipinski definition) is 3. The third-order valence-corrected chi connectivity index (χ3v) is 4.42. The molecular weight excluding hydrogens is 330 g/mol. The minimum Gasteiger partial charge on any atom is -0.492 e. The van der Waals surface area contributed by atoms with Gasteiger partial charge in [-0.1, -0.05) is 18.2 Å². The van der Waals surface area contributed by atoms with Crippen LogP contribution in [-0.4, -0.2) is 16.2 Å². The van der Waals surface area contributed by atoms with E-state index in [4.69, 9.17) is 10.5 Å². The number of halogens is 1. The Balaban J connectivity index is 2.31. The first-order valence-corrected chi connectivity index (χ1v) is 7.58. The molecule has 0 aliphatic rings. The van der Waals surface area contributed by atoms with E-state index in [0.29, 0.717) is 12.6 Å². The van der Waals surface area contributed by atoms with Crippen LogP contribution in [0.25, 0.3) is 16.7 Å². The Morgan fingerprint density at radius 2 is 2.00 bits per heavy atom. The Kier molecular flexibility index (Phi) is 3.59. The molecule has 0 aliphatic heterocycles. The molecule has 4 nitrogen and oxygen atoms in total. The number of nitrogen functional groups attached to an aromatic ring is 1. The lowest BCUT2D eigenvalue weighted by atomic mass is 10.2. The third kappa shape index (κ3) is 2.27. The van der Waals surface area contributed by atoms with Crippen LogP contribution >= 0.6 is 15.9 Å². The van der Waals surface area contributed by atoms with Crippen molar-refractivity contribution < 1.29 is 4.74 Å². The van der Waals surface area contributed by atoms with Crippen LogP contribution in [0.15, 0.2) is 40.9 Å². The summed E-state index contributed by atoms with van der Waals surface area (Å²) in [7, 11) is 0. The molecule has 5 heteroatoms. The number of aromatic nitrogens is 2. The summed E-state index contributed by atoms with van der Waals surface area (Å²) in [4.78, 5) is 4.47. The molecular formula is C16H16BrN3O. The van der Waals surface area contributed by atoms with Crippen molar-refractivity contribution in [2.75, 3.05) is 12.3 Å². The summed E-state index contributed by atoms with van der Waals surface area (Å²) in [6.07, 6.45) is 0. The number of nitrogens with two attached hydrogens (primary N) is 1. The van der Waals surface area contributed by atoms with Crippen molar-refractivity contribution in [3.63, 3.8) is 0 Å². The average molecular weight is 346 g/mol. The molecule has 1 aromatic heterocycles. The smallest absolute Gasteiger partial charge is 0.206 e. The molecule has 21 heavy (non-hydrogen) atoms. The number of fused-ring (bicyclic) bond motifs is 1. The van der Waals surface area contributed by atoms with Crippen molar-refractivity contribution in [2.24, 2.45) is 0 Å². The van der Waals surface area contributed by atoms with Gasteiger partial charge in [-0.25, -0.2) is 4.98 Å². The van der Waals surface area contributed by atoms with E-state index in [2.05, 4.69) is 33.9 Å². The van der Waals surface area contributed by atoms with Crippen LogP contribution in [0, 0.1) is 6.92 Å². The molecule has 2 N–H and O–H groups in total. The lowest BCUT2D eigenvalue weighted by Crippen LogP contribution is -2.02. The van der Waals surface area contributed by atoms with Gasteiger partial charge < -0.3 is 10.5 Å². The van der Waals surface area contributed by atoms with Gasteiger partial charge in [-0.3, -0.25) is 4.57 Å². The zero-order valence-electron chi connectivity index (χ0n) is 11.9. The molecule has 3 rings (SSSR count). The predicted molar refractivity (Wildman–Crippen MR) is 89.1 cm³/mol. The van der Waals surface area contributed by atoms with Gasteiger partial charge in [0, 0.05) is 4.47 Å². The highest BCUT2D eigenvalue weighted by Gasteiger charge is 2.15. The monoisotopic (exact) mass is 345 g/mol. The van der Waals surface area contributed by atoms with E-state index >= 15 is 0 Å². The van der Waals surface area contributed by atoms with Crippen molar-refractivity contribution >= 4 is 32.9 Å². The second kappa shape index (κ2) is 5.41. The molecule has 0 amide bonds. The van der Waals surface area contributed by atoms with Crippen LogP contribution in [0.4, 0.5) is 5.95 Å². The van der Waals surface area contributed by atoms with Gasteiger partial charge in [0.1, 0.15) is 11.3 Å². The average Bonchev–Trinajstić information content (AvgIpc) is 2.80. The van der Waals surface area contributed by atoms with Gasteiger partial charge >= 0.3 is 0 Å². The minimum absolute atomic E-state index is 0.448. The van der Waals surface area contributed by atoms with Crippen LogP contribution < -0.4 is 10.5 Å². The normalized spacial score (nSPS) is 11.0. The second-order valence-electron chi connectivity index (χ2n) is 4.77. The first kappa shape index (κ1) is 13.9. The number of benzene rings is 2. The SMILES string of the molecule is CCOc1cccc2c1nc(N)n2-c1cccc(C)c1Br. The molecule has 0 atom stereocenters. The number of rotatable bonds is 3. The van der Waals surface area contributed by atoms with E-state index in [0.717, 1.165) is 32.5 Å². The maximum Gasteiger partial charge on any atom is 0.206 e. The van der Waals surface area contributed by atoms with Crippen LogP contribution in [0.3, 0.4) is 0 Å². The quantitative estimate of drug-likeness (QED) is 0.778. The highest BCUT2D eigenvalue weighted by atomic mass is 79.9. The van der Waals surface area contributed by atoms with Crippen LogP contribution in [0.1, 0.15) is 12.5 Å². The van der Waals surface area contributed by atoms with Crippen molar-refractivity contribution in [3.8, 4) is 11.4 Å². The molecule has 0 bridgehead atoms. The van der Waals surface area contributed by atoms with Crippen molar-refractivity contribution in [1.29, 1.82) is 0 Å². The van der Waals surface area contributed by atoms with Crippen LogP contribution in [0.5, 0.6) is 5.75 Å². The van der Waals surface area contributed by atoms with Crippen molar-refractivity contribution in [1.82, 2.24) is 9.55 Å². The lowest BCUT2D eigenvalue weighted by Gasteiger charge is -2.11. The highest BCUT2D eigenvalue weighted by Crippen LogP contribution is 2.33. The minimum atomic E-state index is 0.448. The van der Waals surface area contributed by atoms with Crippen LogP contribution in [0.2, 0.25) is 0 Å². The predicted octanol–water partition coefficient (Wildman–Crippen LogP) is 4.08. The molecule has 1 heterocycles. The Bertz CT molecular complexity index is 811. The molecule has 0 fully saturated rings. The summed E-state index contributed by atoms with van der Waals surface area (Å²) < 4.78 is 8.59. The molecule has 0 spiro atoms. The largest absolute Gasteiger partial charge is 0.492 e. The molecule has 0 radical (unpaired) electrons. The molecule has 0 saturated heterocycles. The summed E-state index contributed by atoms with van der Waals surface area (Å²) >= 11 is 3.64. The van der Waals surface area contributed by atoms with Gasteiger partial charge in [-0.2, -0.15) is 0 Å². The standard InChI is InChI=1S/C16H16BrN3O/c1-3-21-13-9-5-8-12-15(13)19-16(18)20(12)11-7-4-6-10(2)14(11)17/h4-9H,3H2,1-2H3,(H2,18,19). The molecule has 2 aromatic carbocycles. The topological polar surface area (TPSA) is 53.1 Å². The number of para-hydroxylation sites is 1. The maximum absolute atomic E-state index is 6.14. The number of hydrogen-bond donors (Lipinski definition) is 1. The zero-order valence-corrected chi connectivity index (χ0v) is 13.5. The summed E-state index contributed by atoms with van der Waals surface area (Å²) in [5, 5.41) is 0. The van der Waals surface area contributed by atoms with Gasteiger partial charge in [0.2, 0.25) is 5.95 Å². The van der Waals surface area contributed by atoms with E-state index in [1.807, 2.05) is 41.8 Å². The van der Waals surface area contributed by atoms with Crippen molar-refractivity contribution in [3.05, 3.63) is 46.4 Å². The number of aryl methyl sites for hydroxylation is 1. The first-order valence-electron chi connectivity index (χ1n) is 6.78. The third-order valence-electron chi connectivity index (χ3n) is 3.39. The van der Waals surface area contributed by atoms with E-state index < -0.39 is 0 Å². The molecule has 3 aromatic rings. The number of anilines is 1. The van der Waals surface area contributed by atoms with E-state index in [1.165, 1.54) is 0 Å². The summed E-state index contributed by atoms with van der Waals surface area (Å²) in [5.41, 5.74) is 9.99. The van der Waals surface area contributed by atoms with E-state index in [1.54, 1.807) is 0 Å². The van der Waals surface area contributed by atoms with Gasteiger partial charge in [-0.15, -0.1) is 0 Å². The maximum atomic E-state index is 6.14. The Morgan fingerprint density at radius 1 is 1.24 bits per heavy atom. The van der Waals surface area contributed by atoms with Gasteiger partial charge in [0.05, 0.1) is 17.8 Å². The Hall–Kier alpha value is -2.01. The molecule has 0 unspecified atom stereocenters. The Morgan fingerprint density at radius 3 is 2.76 bits per heavy atom. The zero-order chi connectivity index (χ0) is 15.0. The molecule has 0 saturated carbocycles.